The highest BCUT2D eigenvalue weighted by molar-refractivity contribution is 5.75. The van der Waals surface area contributed by atoms with E-state index in [0.717, 1.165) is 12.0 Å². The molecule has 1 unspecified atom stereocenters. The topological polar surface area (TPSA) is 43.4 Å². The average molecular weight is 198 g/mol. The zero-order chi connectivity index (χ0) is 11.1. The minimum absolute atomic E-state index is 0.160. The van der Waals surface area contributed by atoms with Gasteiger partial charge in [0, 0.05) is 13.3 Å². The SMILES string of the molecule is C=C(C)C(CCCC(C)=O)OC(C)=O. The maximum Gasteiger partial charge on any atom is 0.303 e. The highest BCUT2D eigenvalue weighted by Gasteiger charge is 2.12. The molecule has 80 valence electrons. The molecule has 0 aromatic carbocycles. The van der Waals surface area contributed by atoms with Gasteiger partial charge in [-0.05, 0) is 32.3 Å². The maximum absolute atomic E-state index is 10.7. The Morgan fingerprint density at radius 1 is 1.29 bits per heavy atom. The Kier molecular flexibility index (Phi) is 5.84. The smallest absolute Gasteiger partial charge is 0.303 e. The first-order valence-corrected chi connectivity index (χ1v) is 4.75. The van der Waals surface area contributed by atoms with Gasteiger partial charge in [0.25, 0.3) is 0 Å². The third-order valence-corrected chi connectivity index (χ3v) is 1.85. The van der Waals surface area contributed by atoms with Crippen molar-refractivity contribution in [3.8, 4) is 0 Å². The van der Waals surface area contributed by atoms with Crippen molar-refractivity contribution in [2.45, 2.75) is 46.1 Å². The monoisotopic (exact) mass is 198 g/mol. The first-order chi connectivity index (χ1) is 6.43. The predicted octanol–water partition coefficient (Wildman–Crippen LogP) is 2.25. The van der Waals surface area contributed by atoms with Gasteiger partial charge >= 0.3 is 5.97 Å². The van der Waals surface area contributed by atoms with Crippen molar-refractivity contribution in [1.29, 1.82) is 0 Å². The lowest BCUT2D eigenvalue weighted by atomic mass is 10.1. The Balaban J connectivity index is 3.91. The lowest BCUT2D eigenvalue weighted by Crippen LogP contribution is -2.17. The zero-order valence-corrected chi connectivity index (χ0v) is 9.13. The van der Waals surface area contributed by atoms with E-state index in [2.05, 4.69) is 6.58 Å². The number of ketones is 1. The lowest BCUT2D eigenvalue weighted by Gasteiger charge is -2.16. The standard InChI is InChI=1S/C11H18O3/c1-8(2)11(14-10(4)13)7-5-6-9(3)12/h11H,1,5-7H2,2-4H3. The Bertz CT molecular complexity index is 231. The summed E-state index contributed by atoms with van der Waals surface area (Å²) in [5.41, 5.74) is 0.823. The third-order valence-electron chi connectivity index (χ3n) is 1.85. The molecule has 0 radical (unpaired) electrons. The van der Waals surface area contributed by atoms with Crippen LogP contribution in [0.1, 0.15) is 40.0 Å². The molecule has 3 nitrogen and oxygen atoms in total. The second kappa shape index (κ2) is 6.35. The van der Waals surface area contributed by atoms with Crippen LogP contribution in [-0.2, 0) is 14.3 Å². The molecule has 0 aromatic rings. The van der Waals surface area contributed by atoms with Crippen molar-refractivity contribution in [2.75, 3.05) is 0 Å². The minimum Gasteiger partial charge on any atom is -0.458 e. The number of ether oxygens (including phenoxy) is 1. The number of carbonyl (C=O) groups is 2. The van der Waals surface area contributed by atoms with E-state index in [4.69, 9.17) is 4.74 Å². The normalized spacial score (nSPS) is 11.9. The molecule has 0 saturated heterocycles. The summed E-state index contributed by atoms with van der Waals surface area (Å²) in [4.78, 5) is 21.4. The summed E-state index contributed by atoms with van der Waals surface area (Å²) in [6.45, 7) is 8.50. The first-order valence-electron chi connectivity index (χ1n) is 4.75. The van der Waals surface area contributed by atoms with Gasteiger partial charge in [-0.2, -0.15) is 0 Å². The molecule has 0 amide bonds. The van der Waals surface area contributed by atoms with Gasteiger partial charge in [-0.3, -0.25) is 4.79 Å². The predicted molar refractivity (Wildman–Crippen MR) is 54.9 cm³/mol. The summed E-state index contributed by atoms with van der Waals surface area (Å²) in [6, 6.07) is 0. The molecule has 3 heteroatoms. The molecule has 0 saturated carbocycles. The van der Waals surface area contributed by atoms with Crippen LogP contribution in [0, 0.1) is 0 Å². The number of hydrogen-bond donors (Lipinski definition) is 0. The van der Waals surface area contributed by atoms with Gasteiger partial charge in [-0.25, -0.2) is 0 Å². The van der Waals surface area contributed by atoms with Gasteiger partial charge in [0.05, 0.1) is 0 Å². The molecule has 0 aliphatic carbocycles. The minimum atomic E-state index is -0.305. The number of Topliss-reactive ketones (excluding diaryl/α,β-unsaturated/α-hetero) is 1. The molecule has 0 bridgehead atoms. The van der Waals surface area contributed by atoms with Gasteiger partial charge in [0.15, 0.2) is 0 Å². The van der Waals surface area contributed by atoms with E-state index < -0.39 is 0 Å². The van der Waals surface area contributed by atoms with E-state index in [1.54, 1.807) is 6.92 Å². The van der Waals surface area contributed by atoms with Crippen molar-refractivity contribution in [1.82, 2.24) is 0 Å². The number of esters is 1. The van der Waals surface area contributed by atoms with Gasteiger partial charge in [0.1, 0.15) is 11.9 Å². The fraction of sp³-hybridized carbons (Fsp3) is 0.636. The fourth-order valence-corrected chi connectivity index (χ4v) is 1.14. The fourth-order valence-electron chi connectivity index (χ4n) is 1.14. The van der Waals surface area contributed by atoms with Crippen molar-refractivity contribution >= 4 is 11.8 Å². The van der Waals surface area contributed by atoms with Crippen LogP contribution in [0.4, 0.5) is 0 Å². The second-order valence-electron chi connectivity index (χ2n) is 3.54. The van der Waals surface area contributed by atoms with Crippen molar-refractivity contribution in [3.63, 3.8) is 0 Å². The average Bonchev–Trinajstić information content (AvgIpc) is 2.00. The van der Waals surface area contributed by atoms with Crippen LogP contribution >= 0.6 is 0 Å². The largest absolute Gasteiger partial charge is 0.458 e. The number of rotatable bonds is 6. The van der Waals surface area contributed by atoms with Gasteiger partial charge in [-0.1, -0.05) is 6.58 Å². The zero-order valence-electron chi connectivity index (χ0n) is 9.13. The Morgan fingerprint density at radius 3 is 2.21 bits per heavy atom. The van der Waals surface area contributed by atoms with E-state index in [-0.39, 0.29) is 17.9 Å². The summed E-state index contributed by atoms with van der Waals surface area (Å²) >= 11 is 0. The molecule has 0 spiro atoms. The van der Waals surface area contributed by atoms with Crippen LogP contribution in [0.25, 0.3) is 0 Å². The number of carbonyl (C=O) groups excluding carboxylic acids is 2. The summed E-state index contributed by atoms with van der Waals surface area (Å²) in [6.07, 6.45) is 1.70. The van der Waals surface area contributed by atoms with Crippen LogP contribution in [0.15, 0.2) is 12.2 Å². The van der Waals surface area contributed by atoms with E-state index in [1.165, 1.54) is 6.92 Å². The molecule has 14 heavy (non-hydrogen) atoms. The highest BCUT2D eigenvalue weighted by atomic mass is 16.5. The van der Waals surface area contributed by atoms with Crippen molar-refractivity contribution in [3.05, 3.63) is 12.2 Å². The molecular weight excluding hydrogens is 180 g/mol. The van der Waals surface area contributed by atoms with Gasteiger partial charge < -0.3 is 9.53 Å². The molecule has 0 N–H and O–H groups in total. The molecule has 0 fully saturated rings. The van der Waals surface area contributed by atoms with E-state index in [1.807, 2.05) is 6.92 Å². The van der Waals surface area contributed by atoms with Crippen LogP contribution in [0.5, 0.6) is 0 Å². The quantitative estimate of drug-likeness (QED) is 0.485. The van der Waals surface area contributed by atoms with E-state index in [0.29, 0.717) is 12.8 Å². The first kappa shape index (κ1) is 12.9. The molecular formula is C11H18O3. The lowest BCUT2D eigenvalue weighted by molar-refractivity contribution is -0.144. The molecule has 0 rings (SSSR count). The van der Waals surface area contributed by atoms with Crippen LogP contribution in [-0.4, -0.2) is 17.9 Å². The Morgan fingerprint density at radius 2 is 1.86 bits per heavy atom. The Labute approximate surface area is 85.1 Å². The molecule has 0 aliphatic rings. The Hall–Kier alpha value is -1.12. The summed E-state index contributed by atoms with van der Waals surface area (Å²) in [7, 11) is 0. The van der Waals surface area contributed by atoms with Gasteiger partial charge in [-0.15, -0.1) is 0 Å². The van der Waals surface area contributed by atoms with E-state index in [9.17, 15) is 9.59 Å². The van der Waals surface area contributed by atoms with Crippen molar-refractivity contribution < 1.29 is 14.3 Å². The highest BCUT2D eigenvalue weighted by Crippen LogP contribution is 2.12. The van der Waals surface area contributed by atoms with Gasteiger partial charge in [0.2, 0.25) is 0 Å². The number of hydrogen-bond acceptors (Lipinski definition) is 3. The second-order valence-corrected chi connectivity index (χ2v) is 3.54. The summed E-state index contributed by atoms with van der Waals surface area (Å²) in [5.74, 6) is -0.144. The van der Waals surface area contributed by atoms with E-state index >= 15 is 0 Å². The molecule has 0 heterocycles. The summed E-state index contributed by atoms with van der Waals surface area (Å²) in [5, 5.41) is 0. The maximum atomic E-state index is 10.7. The molecule has 0 aliphatic heterocycles. The third kappa shape index (κ3) is 6.40. The van der Waals surface area contributed by atoms with Crippen LogP contribution in [0.3, 0.4) is 0 Å². The van der Waals surface area contributed by atoms with Crippen LogP contribution in [0.2, 0.25) is 0 Å². The molecule has 0 aromatic heterocycles. The molecule has 1 atom stereocenters. The summed E-state index contributed by atoms with van der Waals surface area (Å²) < 4.78 is 5.04. The van der Waals surface area contributed by atoms with Crippen molar-refractivity contribution in [2.24, 2.45) is 0 Å². The van der Waals surface area contributed by atoms with Crippen LogP contribution < -0.4 is 0 Å².